The Bertz CT molecular complexity index is 1400. The number of alkyl halides is 6. The minimum absolute atomic E-state index is 0.0569. The van der Waals surface area contributed by atoms with Gasteiger partial charge in [-0.3, -0.25) is 0 Å². The average Bonchev–Trinajstić information content (AvgIpc) is 3.07. The number of aryl methyl sites for hydroxylation is 1. The van der Waals surface area contributed by atoms with E-state index < -0.39 is 54.9 Å². The summed E-state index contributed by atoms with van der Waals surface area (Å²) in [5.41, 5.74) is -5.49. The van der Waals surface area contributed by atoms with E-state index in [-0.39, 0.29) is 10.5 Å². The first kappa shape index (κ1) is 24.0. The number of rotatable bonds is 3. The molecule has 1 aliphatic rings. The quantitative estimate of drug-likeness (QED) is 0.445. The van der Waals surface area contributed by atoms with Crippen LogP contribution >= 0.6 is 0 Å². The molecule has 3 aromatic rings. The van der Waals surface area contributed by atoms with Crippen molar-refractivity contribution in [2.24, 2.45) is 0 Å². The first-order valence-corrected chi connectivity index (χ1v) is 11.3. The van der Waals surface area contributed by atoms with Crippen LogP contribution in [-0.2, 0) is 27.8 Å². The van der Waals surface area contributed by atoms with Crippen LogP contribution in [0.5, 0.6) is 0 Å². The summed E-state index contributed by atoms with van der Waals surface area (Å²) in [5, 5.41) is 11.7. The highest BCUT2D eigenvalue weighted by Crippen LogP contribution is 2.50. The molecule has 10 heteroatoms. The Kier molecular flexibility index (Phi) is 5.45. The van der Waals surface area contributed by atoms with Gasteiger partial charge in [0.1, 0.15) is 0 Å². The van der Waals surface area contributed by atoms with Crippen LogP contribution in [0.4, 0.5) is 26.3 Å². The number of aliphatic hydroxyl groups is 1. The smallest absolute Gasteiger partial charge is 0.375 e. The van der Waals surface area contributed by atoms with E-state index in [4.69, 9.17) is 0 Å². The summed E-state index contributed by atoms with van der Waals surface area (Å²) < 4.78 is 107. The van der Waals surface area contributed by atoms with Crippen molar-refractivity contribution in [2.45, 2.75) is 29.8 Å². The number of benzene rings is 3. The average molecular weight is 498 g/mol. The van der Waals surface area contributed by atoms with E-state index in [9.17, 15) is 39.9 Å². The third kappa shape index (κ3) is 3.90. The van der Waals surface area contributed by atoms with Crippen LogP contribution in [0, 0.1) is 6.92 Å². The normalized spacial score (nSPS) is 18.5. The molecule has 1 aliphatic carbocycles. The van der Waals surface area contributed by atoms with Crippen LogP contribution in [-0.4, -0.2) is 13.5 Å². The zero-order valence-corrected chi connectivity index (χ0v) is 18.2. The maximum atomic E-state index is 13.5. The van der Waals surface area contributed by atoms with Crippen molar-refractivity contribution < 1.29 is 39.9 Å². The molecule has 1 atom stereocenters. The molecule has 3 nitrogen and oxygen atoms in total. The number of hydrogen-bond acceptors (Lipinski definition) is 3. The second-order valence-corrected chi connectivity index (χ2v) is 9.83. The molecule has 3 aromatic carbocycles. The van der Waals surface area contributed by atoms with Gasteiger partial charge < -0.3 is 5.11 Å². The molecular weight excluding hydrogens is 482 g/mol. The Balaban J connectivity index is 2.01. The first-order chi connectivity index (χ1) is 15.6. The van der Waals surface area contributed by atoms with Gasteiger partial charge in [0.25, 0.3) is 0 Å². The van der Waals surface area contributed by atoms with Gasteiger partial charge in [-0.2, -0.15) is 26.3 Å². The number of hydrogen-bond donors (Lipinski definition) is 1. The first-order valence-electron chi connectivity index (χ1n) is 9.81. The molecule has 0 bridgehead atoms. The van der Waals surface area contributed by atoms with Gasteiger partial charge >= 0.3 is 12.4 Å². The van der Waals surface area contributed by atoms with E-state index in [2.05, 4.69) is 0 Å². The molecule has 0 radical (unpaired) electrons. The van der Waals surface area contributed by atoms with E-state index in [1.54, 1.807) is 6.92 Å². The third-order valence-electron chi connectivity index (χ3n) is 5.64. The predicted molar refractivity (Wildman–Crippen MR) is 112 cm³/mol. The Labute approximate surface area is 190 Å². The third-order valence-corrected chi connectivity index (χ3v) is 7.53. The lowest BCUT2D eigenvalue weighted by Crippen LogP contribution is -2.32. The van der Waals surface area contributed by atoms with Gasteiger partial charge in [-0.05, 0) is 60.5 Å². The summed E-state index contributed by atoms with van der Waals surface area (Å²) >= 11 is 0. The van der Waals surface area contributed by atoms with Crippen molar-refractivity contribution in [2.75, 3.05) is 0 Å². The van der Waals surface area contributed by atoms with Crippen molar-refractivity contribution in [1.29, 1.82) is 0 Å². The van der Waals surface area contributed by atoms with Crippen LogP contribution in [0.25, 0.3) is 6.08 Å². The molecule has 0 fully saturated rings. The highest BCUT2D eigenvalue weighted by Gasteiger charge is 2.49. The van der Waals surface area contributed by atoms with Crippen molar-refractivity contribution in [3.8, 4) is 0 Å². The van der Waals surface area contributed by atoms with Crippen LogP contribution < -0.4 is 0 Å². The summed E-state index contributed by atoms with van der Waals surface area (Å²) in [6.45, 7) is 1.71. The standard InChI is InChI=1S/C24H16F6O3S/c1-14-5-9-19(10-6-14)34(32,33)21-11-15-7-8-18(24(28,29)30)13-20(15)22(21,31)16-3-2-4-17(12-16)23(25,26)27/h2-13,31H,1H3. The fraction of sp³-hybridized carbons (Fsp3) is 0.167. The lowest BCUT2D eigenvalue weighted by Gasteiger charge is -2.29. The summed E-state index contributed by atoms with van der Waals surface area (Å²) in [6.07, 6.45) is -8.67. The van der Waals surface area contributed by atoms with Gasteiger partial charge in [0.15, 0.2) is 5.60 Å². The molecule has 178 valence electrons. The van der Waals surface area contributed by atoms with Gasteiger partial charge in [-0.25, -0.2) is 8.42 Å². The number of halogens is 6. The molecule has 0 amide bonds. The second-order valence-electron chi connectivity index (χ2n) is 7.91. The van der Waals surface area contributed by atoms with E-state index in [1.165, 1.54) is 24.3 Å². The van der Waals surface area contributed by atoms with E-state index in [0.29, 0.717) is 24.3 Å². The maximum Gasteiger partial charge on any atom is 0.416 e. The van der Waals surface area contributed by atoms with Gasteiger partial charge in [0.05, 0.1) is 20.9 Å². The van der Waals surface area contributed by atoms with E-state index in [0.717, 1.165) is 29.8 Å². The van der Waals surface area contributed by atoms with Crippen molar-refractivity contribution in [3.63, 3.8) is 0 Å². The lowest BCUT2D eigenvalue weighted by molar-refractivity contribution is -0.138. The van der Waals surface area contributed by atoms with Crippen LogP contribution in [0.1, 0.15) is 33.4 Å². The molecule has 0 saturated carbocycles. The lowest BCUT2D eigenvalue weighted by atomic mass is 9.86. The Morgan fingerprint density at radius 2 is 1.38 bits per heavy atom. The highest BCUT2D eigenvalue weighted by molar-refractivity contribution is 7.95. The molecule has 1 unspecified atom stereocenters. The number of sulfone groups is 1. The molecule has 34 heavy (non-hydrogen) atoms. The zero-order valence-electron chi connectivity index (χ0n) is 17.4. The molecule has 0 saturated heterocycles. The summed E-state index contributed by atoms with van der Waals surface area (Å²) in [6, 6.07) is 11.0. The number of fused-ring (bicyclic) bond motifs is 1. The summed E-state index contributed by atoms with van der Waals surface area (Å²) in [5.74, 6) is 0. The molecule has 1 N–H and O–H groups in total. The van der Waals surface area contributed by atoms with E-state index >= 15 is 0 Å². The maximum absolute atomic E-state index is 13.5. The van der Waals surface area contributed by atoms with Gasteiger partial charge in [-0.15, -0.1) is 0 Å². The van der Waals surface area contributed by atoms with Gasteiger partial charge in [0, 0.05) is 5.56 Å². The topological polar surface area (TPSA) is 54.4 Å². The highest BCUT2D eigenvalue weighted by atomic mass is 32.2. The minimum Gasteiger partial charge on any atom is -0.375 e. The van der Waals surface area contributed by atoms with Gasteiger partial charge in [-0.1, -0.05) is 35.9 Å². The fourth-order valence-corrected chi connectivity index (χ4v) is 5.53. The Morgan fingerprint density at radius 3 is 1.97 bits per heavy atom. The zero-order chi connectivity index (χ0) is 25.1. The van der Waals surface area contributed by atoms with Crippen molar-refractivity contribution in [1.82, 2.24) is 0 Å². The van der Waals surface area contributed by atoms with Crippen LogP contribution in [0.3, 0.4) is 0 Å². The van der Waals surface area contributed by atoms with E-state index in [1.807, 2.05) is 0 Å². The van der Waals surface area contributed by atoms with Crippen LogP contribution in [0.2, 0.25) is 0 Å². The second kappa shape index (κ2) is 7.71. The molecule has 0 heterocycles. The molecule has 0 spiro atoms. The van der Waals surface area contributed by atoms with Crippen molar-refractivity contribution in [3.05, 3.63) is 105 Å². The summed E-state index contributed by atoms with van der Waals surface area (Å²) in [7, 11) is -4.53. The monoisotopic (exact) mass is 498 g/mol. The molecular formula is C24H16F6O3S. The predicted octanol–water partition coefficient (Wildman–Crippen LogP) is 6.10. The molecule has 0 aromatic heterocycles. The minimum atomic E-state index is -4.83. The molecule has 4 rings (SSSR count). The Hall–Kier alpha value is -3.11. The van der Waals surface area contributed by atoms with Crippen molar-refractivity contribution >= 4 is 15.9 Å². The van der Waals surface area contributed by atoms with Gasteiger partial charge in [0.2, 0.25) is 9.84 Å². The summed E-state index contributed by atoms with van der Waals surface area (Å²) in [4.78, 5) is -1.00. The Morgan fingerprint density at radius 1 is 0.794 bits per heavy atom. The SMILES string of the molecule is Cc1ccc(S(=O)(=O)C2=Cc3ccc(C(F)(F)F)cc3C2(O)c2cccc(C(F)(F)F)c2)cc1. The van der Waals surface area contributed by atoms with Crippen LogP contribution in [0.15, 0.2) is 76.5 Å². The molecule has 0 aliphatic heterocycles. The fourth-order valence-electron chi connectivity index (χ4n) is 3.88. The largest absolute Gasteiger partial charge is 0.416 e.